The lowest BCUT2D eigenvalue weighted by Crippen LogP contribution is -2.02. The maximum atomic E-state index is 10.7. The molecule has 0 saturated carbocycles. The van der Waals surface area contributed by atoms with E-state index in [0.29, 0.717) is 29.6 Å². The summed E-state index contributed by atoms with van der Waals surface area (Å²) in [7, 11) is 1.49. The molecule has 0 aliphatic carbocycles. The van der Waals surface area contributed by atoms with Gasteiger partial charge in [0.2, 0.25) is 0 Å². The summed E-state index contributed by atoms with van der Waals surface area (Å²) >= 11 is 0. The maximum absolute atomic E-state index is 10.7. The monoisotopic (exact) mass is 208 g/mol. The summed E-state index contributed by atoms with van der Waals surface area (Å²) < 4.78 is 5.07. The van der Waals surface area contributed by atoms with Crippen LogP contribution in [0.15, 0.2) is 18.2 Å². The van der Waals surface area contributed by atoms with E-state index in [0.717, 1.165) is 0 Å². The van der Waals surface area contributed by atoms with Gasteiger partial charge >= 0.3 is 5.97 Å². The van der Waals surface area contributed by atoms with E-state index < -0.39 is 5.97 Å². The zero-order chi connectivity index (χ0) is 11.3. The van der Waals surface area contributed by atoms with Gasteiger partial charge in [0.15, 0.2) is 0 Å². The van der Waals surface area contributed by atoms with Crippen LogP contribution in [0, 0.1) is 0 Å². The third-order valence-corrected chi connectivity index (χ3v) is 2.11. The molecule has 1 rings (SSSR count). The normalized spacial score (nSPS) is 9.67. The van der Waals surface area contributed by atoms with Crippen molar-refractivity contribution in [2.75, 3.05) is 7.11 Å². The van der Waals surface area contributed by atoms with Crippen LogP contribution >= 0.6 is 0 Å². The highest BCUT2D eigenvalue weighted by Crippen LogP contribution is 2.22. The van der Waals surface area contributed by atoms with Gasteiger partial charge in [-0.25, -0.2) is 0 Å². The molecular formula is C11H12O4. The summed E-state index contributed by atoms with van der Waals surface area (Å²) in [6, 6.07) is 5.06. The molecule has 1 N–H and O–H groups in total. The van der Waals surface area contributed by atoms with Gasteiger partial charge in [0, 0.05) is 17.5 Å². The Balaban J connectivity index is 2.99. The van der Waals surface area contributed by atoms with E-state index in [9.17, 15) is 9.59 Å². The predicted octanol–water partition coefficient (Wildman–Crippen LogP) is 1.52. The standard InChI is InChI=1S/C11H12O4/c1-15-10-4-2-3-8(7-12)9(10)5-6-11(13)14/h2-4,7H,5-6H2,1H3,(H,13,14). The third-order valence-electron chi connectivity index (χ3n) is 2.11. The first kappa shape index (κ1) is 11.2. The quantitative estimate of drug-likeness (QED) is 0.745. The van der Waals surface area contributed by atoms with Crippen LogP contribution < -0.4 is 4.74 Å². The lowest BCUT2D eigenvalue weighted by Gasteiger charge is -2.09. The van der Waals surface area contributed by atoms with Crippen molar-refractivity contribution in [2.45, 2.75) is 12.8 Å². The Morgan fingerprint density at radius 1 is 1.53 bits per heavy atom. The zero-order valence-electron chi connectivity index (χ0n) is 8.40. The fraction of sp³-hybridized carbons (Fsp3) is 0.273. The number of aldehydes is 1. The second kappa shape index (κ2) is 5.14. The fourth-order valence-corrected chi connectivity index (χ4v) is 1.38. The maximum Gasteiger partial charge on any atom is 0.303 e. The molecule has 0 saturated heterocycles. The Labute approximate surface area is 87.5 Å². The first-order valence-corrected chi connectivity index (χ1v) is 4.52. The van der Waals surface area contributed by atoms with E-state index in [-0.39, 0.29) is 6.42 Å². The van der Waals surface area contributed by atoms with Crippen molar-refractivity contribution in [3.05, 3.63) is 29.3 Å². The van der Waals surface area contributed by atoms with Gasteiger partial charge in [-0.2, -0.15) is 0 Å². The van der Waals surface area contributed by atoms with Gasteiger partial charge in [0.05, 0.1) is 7.11 Å². The van der Waals surface area contributed by atoms with Gasteiger partial charge in [-0.15, -0.1) is 0 Å². The smallest absolute Gasteiger partial charge is 0.303 e. The second-order valence-electron chi connectivity index (χ2n) is 3.04. The number of hydrogen-bond donors (Lipinski definition) is 1. The number of carbonyl (C=O) groups excluding carboxylic acids is 1. The highest BCUT2D eigenvalue weighted by Gasteiger charge is 2.09. The van der Waals surface area contributed by atoms with Crippen LogP contribution in [0.3, 0.4) is 0 Å². The number of carboxylic acids is 1. The van der Waals surface area contributed by atoms with Crippen molar-refractivity contribution in [1.29, 1.82) is 0 Å². The molecule has 4 nitrogen and oxygen atoms in total. The number of ether oxygens (including phenoxy) is 1. The summed E-state index contributed by atoms with van der Waals surface area (Å²) in [4.78, 5) is 21.2. The molecule has 0 fully saturated rings. The molecular weight excluding hydrogens is 196 g/mol. The summed E-state index contributed by atoms with van der Waals surface area (Å²) in [5, 5.41) is 8.57. The van der Waals surface area contributed by atoms with Crippen molar-refractivity contribution in [1.82, 2.24) is 0 Å². The highest BCUT2D eigenvalue weighted by molar-refractivity contribution is 5.79. The van der Waals surface area contributed by atoms with E-state index in [1.165, 1.54) is 7.11 Å². The van der Waals surface area contributed by atoms with Crippen LogP contribution in [0.5, 0.6) is 5.75 Å². The zero-order valence-corrected chi connectivity index (χ0v) is 8.40. The number of carbonyl (C=O) groups is 2. The molecule has 0 aliphatic heterocycles. The number of hydrogen-bond acceptors (Lipinski definition) is 3. The summed E-state index contributed by atoms with van der Waals surface area (Å²) in [5.41, 5.74) is 1.13. The third kappa shape index (κ3) is 2.80. The van der Waals surface area contributed by atoms with Gasteiger partial charge in [-0.05, 0) is 12.5 Å². The van der Waals surface area contributed by atoms with Crippen molar-refractivity contribution < 1.29 is 19.4 Å². The SMILES string of the molecule is COc1cccc(C=O)c1CCC(=O)O. The number of aliphatic carboxylic acids is 1. The Hall–Kier alpha value is -1.84. The largest absolute Gasteiger partial charge is 0.496 e. The van der Waals surface area contributed by atoms with Gasteiger partial charge in [-0.3, -0.25) is 9.59 Å². The molecule has 0 unspecified atom stereocenters. The number of carboxylic acid groups (broad SMARTS) is 1. The van der Waals surface area contributed by atoms with Crippen LogP contribution in [-0.4, -0.2) is 24.5 Å². The van der Waals surface area contributed by atoms with Crippen LogP contribution in [-0.2, 0) is 11.2 Å². The Bertz CT molecular complexity index is 371. The summed E-state index contributed by atoms with van der Waals surface area (Å²) in [6.45, 7) is 0. The lowest BCUT2D eigenvalue weighted by molar-refractivity contribution is -0.136. The van der Waals surface area contributed by atoms with E-state index in [2.05, 4.69) is 0 Å². The van der Waals surface area contributed by atoms with Gasteiger partial charge in [0.25, 0.3) is 0 Å². The van der Waals surface area contributed by atoms with Gasteiger partial charge in [-0.1, -0.05) is 12.1 Å². The molecule has 15 heavy (non-hydrogen) atoms. The predicted molar refractivity (Wildman–Crippen MR) is 54.3 cm³/mol. The fourth-order valence-electron chi connectivity index (χ4n) is 1.38. The number of benzene rings is 1. The van der Waals surface area contributed by atoms with Crippen molar-refractivity contribution in [2.24, 2.45) is 0 Å². The van der Waals surface area contributed by atoms with Crippen LogP contribution in [0.1, 0.15) is 22.3 Å². The average Bonchev–Trinajstić information content (AvgIpc) is 2.25. The lowest BCUT2D eigenvalue weighted by atomic mass is 10.0. The number of rotatable bonds is 5. The highest BCUT2D eigenvalue weighted by atomic mass is 16.5. The van der Waals surface area contributed by atoms with E-state index in [1.54, 1.807) is 18.2 Å². The molecule has 1 aromatic rings. The molecule has 0 aliphatic rings. The Kier molecular flexibility index (Phi) is 3.85. The van der Waals surface area contributed by atoms with Gasteiger partial charge in [0.1, 0.15) is 12.0 Å². The van der Waals surface area contributed by atoms with Crippen LogP contribution in [0.4, 0.5) is 0 Å². The van der Waals surface area contributed by atoms with Gasteiger partial charge < -0.3 is 9.84 Å². The van der Waals surface area contributed by atoms with Crippen molar-refractivity contribution >= 4 is 12.3 Å². The molecule has 0 bridgehead atoms. The first-order valence-electron chi connectivity index (χ1n) is 4.52. The minimum absolute atomic E-state index is 0.0127. The van der Waals surface area contributed by atoms with Crippen LogP contribution in [0.25, 0.3) is 0 Å². The molecule has 4 heteroatoms. The number of methoxy groups -OCH3 is 1. The van der Waals surface area contributed by atoms with E-state index >= 15 is 0 Å². The molecule has 0 aromatic heterocycles. The van der Waals surface area contributed by atoms with Crippen molar-refractivity contribution in [3.63, 3.8) is 0 Å². The first-order chi connectivity index (χ1) is 7.19. The molecule has 0 heterocycles. The Morgan fingerprint density at radius 3 is 2.80 bits per heavy atom. The summed E-state index contributed by atoms with van der Waals surface area (Å²) in [6.07, 6.45) is 0.994. The van der Waals surface area contributed by atoms with Crippen molar-refractivity contribution in [3.8, 4) is 5.75 Å². The minimum Gasteiger partial charge on any atom is -0.496 e. The van der Waals surface area contributed by atoms with E-state index in [4.69, 9.17) is 9.84 Å². The molecule has 1 aromatic carbocycles. The minimum atomic E-state index is -0.891. The molecule has 80 valence electrons. The molecule has 0 amide bonds. The van der Waals surface area contributed by atoms with Crippen LogP contribution in [0.2, 0.25) is 0 Å². The van der Waals surface area contributed by atoms with E-state index in [1.807, 2.05) is 0 Å². The Morgan fingerprint density at radius 2 is 2.27 bits per heavy atom. The average molecular weight is 208 g/mol. The second-order valence-corrected chi connectivity index (χ2v) is 3.04. The topological polar surface area (TPSA) is 63.6 Å². The molecule has 0 radical (unpaired) electrons. The summed E-state index contributed by atoms with van der Waals surface area (Å²) in [5.74, 6) is -0.335. The molecule has 0 atom stereocenters. The molecule has 0 spiro atoms.